The first-order valence-corrected chi connectivity index (χ1v) is 10.3. The van der Waals surface area contributed by atoms with Gasteiger partial charge in [0.05, 0.1) is 12.2 Å². The summed E-state index contributed by atoms with van der Waals surface area (Å²) in [7, 11) is 0. The molecule has 0 aromatic carbocycles. The minimum Gasteiger partial charge on any atom is -0.308 e. The van der Waals surface area contributed by atoms with E-state index in [1.165, 1.54) is 37.0 Å². The number of urea groups is 1. The standard InChI is InChI=1S/C21H30N4O2/c1-21-10-12-23(15-17-7-3-2-4-8-17)13-14-25(21)20(27)24(19(21)26)16-18-9-5-6-11-22-18/h5-6,9,11,17H,2-4,7-8,10,12-16H2,1H3. The third-order valence-electron chi connectivity index (χ3n) is 6.61. The second-order valence-corrected chi connectivity index (χ2v) is 8.48. The number of hydrogen-bond donors (Lipinski definition) is 0. The summed E-state index contributed by atoms with van der Waals surface area (Å²) in [5.41, 5.74) is 0.0343. The molecule has 1 unspecified atom stereocenters. The number of carbonyl (C=O) groups is 2. The van der Waals surface area contributed by atoms with Crippen molar-refractivity contribution in [3.8, 4) is 0 Å². The Kier molecular flexibility index (Phi) is 5.17. The van der Waals surface area contributed by atoms with Gasteiger partial charge in [0.25, 0.3) is 5.91 Å². The molecule has 0 spiro atoms. The monoisotopic (exact) mass is 370 g/mol. The van der Waals surface area contributed by atoms with Gasteiger partial charge in [-0.25, -0.2) is 4.79 Å². The van der Waals surface area contributed by atoms with Crippen LogP contribution in [0, 0.1) is 5.92 Å². The van der Waals surface area contributed by atoms with Gasteiger partial charge < -0.3 is 9.80 Å². The van der Waals surface area contributed by atoms with Crippen LogP contribution in [0.3, 0.4) is 0 Å². The smallest absolute Gasteiger partial charge is 0.308 e. The van der Waals surface area contributed by atoms with Gasteiger partial charge in [0.15, 0.2) is 0 Å². The molecule has 3 amide bonds. The van der Waals surface area contributed by atoms with Crippen molar-refractivity contribution in [2.75, 3.05) is 26.2 Å². The number of aromatic nitrogens is 1. The van der Waals surface area contributed by atoms with E-state index in [9.17, 15) is 9.59 Å². The molecule has 1 aromatic rings. The maximum absolute atomic E-state index is 13.1. The van der Waals surface area contributed by atoms with Gasteiger partial charge in [0, 0.05) is 32.4 Å². The fraction of sp³-hybridized carbons (Fsp3) is 0.667. The first-order chi connectivity index (χ1) is 13.1. The zero-order chi connectivity index (χ0) is 18.9. The maximum Gasteiger partial charge on any atom is 0.328 e. The highest BCUT2D eigenvalue weighted by atomic mass is 16.2. The number of fused-ring (bicyclic) bond motifs is 1. The topological polar surface area (TPSA) is 56.8 Å². The van der Waals surface area contributed by atoms with Crippen molar-refractivity contribution in [1.82, 2.24) is 19.7 Å². The largest absolute Gasteiger partial charge is 0.328 e. The highest BCUT2D eigenvalue weighted by molar-refractivity contribution is 6.06. The van der Waals surface area contributed by atoms with E-state index < -0.39 is 5.54 Å². The van der Waals surface area contributed by atoms with Crippen LogP contribution in [0.4, 0.5) is 4.79 Å². The van der Waals surface area contributed by atoms with Gasteiger partial charge in [-0.1, -0.05) is 25.3 Å². The average Bonchev–Trinajstić information content (AvgIpc) is 2.81. The summed E-state index contributed by atoms with van der Waals surface area (Å²) >= 11 is 0. The molecule has 2 saturated heterocycles. The number of amides is 3. The van der Waals surface area contributed by atoms with Crippen molar-refractivity contribution in [3.63, 3.8) is 0 Å². The SMILES string of the molecule is CC12CCN(CC3CCCCC3)CCN1C(=O)N(Cc1ccccn1)C2=O. The summed E-state index contributed by atoms with van der Waals surface area (Å²) in [5, 5.41) is 0. The fourth-order valence-electron chi connectivity index (χ4n) is 4.87. The fourth-order valence-corrected chi connectivity index (χ4v) is 4.87. The molecule has 3 heterocycles. The van der Waals surface area contributed by atoms with E-state index in [4.69, 9.17) is 0 Å². The molecule has 1 aromatic heterocycles. The maximum atomic E-state index is 13.1. The van der Waals surface area contributed by atoms with Crippen LogP contribution >= 0.6 is 0 Å². The lowest BCUT2D eigenvalue weighted by atomic mass is 9.89. The Bertz CT molecular complexity index is 689. The minimum atomic E-state index is -0.715. The first-order valence-electron chi connectivity index (χ1n) is 10.3. The average molecular weight is 370 g/mol. The molecule has 27 heavy (non-hydrogen) atoms. The molecule has 6 nitrogen and oxygen atoms in total. The van der Waals surface area contributed by atoms with Gasteiger partial charge in [0.1, 0.15) is 5.54 Å². The molecule has 3 aliphatic rings. The molecule has 0 N–H and O–H groups in total. The molecular formula is C21H30N4O2. The molecule has 1 aliphatic carbocycles. The van der Waals surface area contributed by atoms with Crippen LogP contribution in [0.5, 0.6) is 0 Å². The Hall–Kier alpha value is -1.95. The normalized spacial score (nSPS) is 27.7. The van der Waals surface area contributed by atoms with Crippen LogP contribution in [0.2, 0.25) is 0 Å². The van der Waals surface area contributed by atoms with Gasteiger partial charge in [-0.15, -0.1) is 0 Å². The van der Waals surface area contributed by atoms with E-state index in [0.717, 1.165) is 31.2 Å². The second kappa shape index (κ2) is 7.58. The molecule has 2 aliphatic heterocycles. The predicted molar refractivity (Wildman–Crippen MR) is 103 cm³/mol. The second-order valence-electron chi connectivity index (χ2n) is 8.48. The number of imide groups is 1. The van der Waals surface area contributed by atoms with E-state index in [1.54, 1.807) is 11.1 Å². The lowest BCUT2D eigenvalue weighted by molar-refractivity contribution is -0.133. The van der Waals surface area contributed by atoms with Gasteiger partial charge in [-0.05, 0) is 44.2 Å². The predicted octanol–water partition coefficient (Wildman–Crippen LogP) is 2.89. The third kappa shape index (κ3) is 3.59. The zero-order valence-electron chi connectivity index (χ0n) is 16.3. The van der Waals surface area contributed by atoms with Crippen LogP contribution in [0.15, 0.2) is 24.4 Å². The Balaban J connectivity index is 1.43. The van der Waals surface area contributed by atoms with Crippen molar-refractivity contribution in [2.45, 2.75) is 57.5 Å². The summed E-state index contributed by atoms with van der Waals surface area (Å²) in [6.45, 7) is 5.70. The summed E-state index contributed by atoms with van der Waals surface area (Å²) < 4.78 is 0. The van der Waals surface area contributed by atoms with Crippen molar-refractivity contribution < 1.29 is 9.59 Å². The first kappa shape index (κ1) is 18.4. The Morgan fingerprint density at radius 2 is 1.93 bits per heavy atom. The molecule has 3 fully saturated rings. The minimum absolute atomic E-state index is 0.0716. The Labute approximate surface area is 161 Å². The van der Waals surface area contributed by atoms with E-state index in [2.05, 4.69) is 9.88 Å². The molecule has 1 saturated carbocycles. The van der Waals surface area contributed by atoms with Crippen LogP contribution < -0.4 is 0 Å². The quantitative estimate of drug-likeness (QED) is 0.765. The number of pyridine rings is 1. The number of nitrogens with zero attached hydrogens (tertiary/aromatic N) is 4. The van der Waals surface area contributed by atoms with Crippen LogP contribution in [0.1, 0.15) is 51.1 Å². The molecule has 4 rings (SSSR count). The van der Waals surface area contributed by atoms with E-state index in [1.807, 2.05) is 25.1 Å². The van der Waals surface area contributed by atoms with Crippen LogP contribution in [-0.4, -0.2) is 63.3 Å². The zero-order valence-corrected chi connectivity index (χ0v) is 16.3. The summed E-state index contributed by atoms with van der Waals surface area (Å²) in [4.78, 5) is 36.1. The van der Waals surface area contributed by atoms with Crippen molar-refractivity contribution in [1.29, 1.82) is 0 Å². The summed E-state index contributed by atoms with van der Waals surface area (Å²) in [5.74, 6) is 0.712. The van der Waals surface area contributed by atoms with E-state index >= 15 is 0 Å². The molecule has 0 bridgehead atoms. The van der Waals surface area contributed by atoms with Crippen molar-refractivity contribution in [2.24, 2.45) is 5.92 Å². The molecule has 1 atom stereocenters. The number of hydrogen-bond acceptors (Lipinski definition) is 4. The van der Waals surface area contributed by atoms with Crippen LogP contribution in [-0.2, 0) is 11.3 Å². The summed E-state index contributed by atoms with van der Waals surface area (Å²) in [6.07, 6.45) is 9.13. The van der Waals surface area contributed by atoms with Crippen molar-refractivity contribution >= 4 is 11.9 Å². The summed E-state index contributed by atoms with van der Waals surface area (Å²) in [6, 6.07) is 5.43. The lowest BCUT2D eigenvalue weighted by Gasteiger charge is -2.29. The Morgan fingerprint density at radius 3 is 2.67 bits per heavy atom. The van der Waals surface area contributed by atoms with Crippen molar-refractivity contribution in [3.05, 3.63) is 30.1 Å². The third-order valence-corrected chi connectivity index (χ3v) is 6.61. The molecule has 146 valence electrons. The van der Waals surface area contributed by atoms with Crippen LogP contribution in [0.25, 0.3) is 0 Å². The highest BCUT2D eigenvalue weighted by Gasteiger charge is 2.54. The molecule has 0 radical (unpaired) electrons. The van der Waals surface area contributed by atoms with Gasteiger partial charge in [0.2, 0.25) is 0 Å². The molecule has 6 heteroatoms. The highest BCUT2D eigenvalue weighted by Crippen LogP contribution is 2.34. The van der Waals surface area contributed by atoms with E-state index in [0.29, 0.717) is 13.0 Å². The number of carbonyl (C=O) groups excluding carboxylic acids is 2. The Morgan fingerprint density at radius 1 is 1.11 bits per heavy atom. The van der Waals surface area contributed by atoms with Gasteiger partial charge in [-0.2, -0.15) is 0 Å². The van der Waals surface area contributed by atoms with E-state index in [-0.39, 0.29) is 18.5 Å². The van der Waals surface area contributed by atoms with Gasteiger partial charge >= 0.3 is 6.03 Å². The number of rotatable bonds is 4. The lowest BCUT2D eigenvalue weighted by Crippen LogP contribution is -2.47. The van der Waals surface area contributed by atoms with Gasteiger partial charge in [-0.3, -0.25) is 14.7 Å². The molecular weight excluding hydrogens is 340 g/mol.